The molecule has 0 spiro atoms. The smallest absolute Gasteiger partial charge is 0.339 e. The SMILES string of the molecule is COc1cc(Cl)c(C)cc1NC(=O)COC(=O)c1ccccc1-c1nc2ccccc2[nH]1. The number of amides is 1. The predicted molar refractivity (Wildman–Crippen MR) is 123 cm³/mol. The van der Waals surface area contributed by atoms with Crippen molar-refractivity contribution >= 4 is 40.2 Å². The molecule has 2 N–H and O–H groups in total. The Hall–Kier alpha value is -3.84. The van der Waals surface area contributed by atoms with Crippen LogP contribution in [0.25, 0.3) is 22.4 Å². The van der Waals surface area contributed by atoms with Gasteiger partial charge in [-0.2, -0.15) is 0 Å². The summed E-state index contributed by atoms with van der Waals surface area (Å²) >= 11 is 6.09. The molecule has 0 saturated heterocycles. The Morgan fingerprint density at radius 2 is 1.84 bits per heavy atom. The van der Waals surface area contributed by atoms with Gasteiger partial charge in [0.25, 0.3) is 5.91 Å². The number of fused-ring (bicyclic) bond motifs is 1. The topological polar surface area (TPSA) is 93.3 Å². The van der Waals surface area contributed by atoms with E-state index in [1.165, 1.54) is 7.11 Å². The molecule has 4 rings (SSSR count). The average molecular weight is 450 g/mol. The standard InChI is InChI=1S/C24H20ClN3O4/c1-14-11-20(21(31-2)12-17(14)25)26-22(29)13-32-24(30)16-8-4-3-7-15(16)23-27-18-9-5-6-10-19(18)28-23/h3-12H,13H2,1-2H3,(H,26,29)(H,27,28). The maximum absolute atomic E-state index is 12.7. The van der Waals surface area contributed by atoms with Crippen LogP contribution in [0, 0.1) is 6.92 Å². The highest BCUT2D eigenvalue weighted by molar-refractivity contribution is 6.31. The first-order valence-electron chi connectivity index (χ1n) is 9.81. The van der Waals surface area contributed by atoms with E-state index in [4.69, 9.17) is 21.1 Å². The number of hydrogen-bond acceptors (Lipinski definition) is 5. The molecule has 8 heteroatoms. The fraction of sp³-hybridized carbons (Fsp3) is 0.125. The van der Waals surface area contributed by atoms with Gasteiger partial charge in [-0.15, -0.1) is 0 Å². The summed E-state index contributed by atoms with van der Waals surface area (Å²) in [7, 11) is 1.48. The number of aromatic nitrogens is 2. The maximum Gasteiger partial charge on any atom is 0.339 e. The molecule has 0 bridgehead atoms. The summed E-state index contributed by atoms with van der Waals surface area (Å²) in [5, 5.41) is 3.20. The number of methoxy groups -OCH3 is 1. The number of H-pyrrole nitrogens is 1. The maximum atomic E-state index is 12.7. The number of carbonyl (C=O) groups is 2. The number of anilines is 1. The molecule has 0 radical (unpaired) electrons. The van der Waals surface area contributed by atoms with Crippen molar-refractivity contribution in [2.75, 3.05) is 19.0 Å². The molecule has 1 heterocycles. The number of halogens is 1. The largest absolute Gasteiger partial charge is 0.495 e. The van der Waals surface area contributed by atoms with Crippen LogP contribution in [0.3, 0.4) is 0 Å². The molecule has 7 nitrogen and oxygen atoms in total. The molecule has 4 aromatic rings. The van der Waals surface area contributed by atoms with Crippen molar-refractivity contribution in [2.24, 2.45) is 0 Å². The molecule has 0 unspecified atom stereocenters. The van der Waals surface area contributed by atoms with Gasteiger partial charge in [-0.3, -0.25) is 4.79 Å². The van der Waals surface area contributed by atoms with Crippen molar-refractivity contribution in [3.63, 3.8) is 0 Å². The van der Waals surface area contributed by atoms with Crippen molar-refractivity contribution in [1.82, 2.24) is 9.97 Å². The van der Waals surface area contributed by atoms with E-state index >= 15 is 0 Å². The molecule has 0 atom stereocenters. The van der Waals surface area contributed by atoms with E-state index in [0.717, 1.165) is 16.6 Å². The zero-order valence-corrected chi connectivity index (χ0v) is 18.2. The number of nitrogens with zero attached hydrogens (tertiary/aromatic N) is 1. The first kappa shape index (κ1) is 21.4. The van der Waals surface area contributed by atoms with E-state index in [1.54, 1.807) is 36.4 Å². The Morgan fingerprint density at radius 1 is 1.09 bits per heavy atom. The summed E-state index contributed by atoms with van der Waals surface area (Å²) in [6.45, 7) is 1.35. The van der Waals surface area contributed by atoms with Crippen molar-refractivity contribution in [3.05, 3.63) is 76.8 Å². The van der Waals surface area contributed by atoms with Crippen LogP contribution in [0.15, 0.2) is 60.7 Å². The van der Waals surface area contributed by atoms with E-state index in [2.05, 4.69) is 15.3 Å². The van der Waals surface area contributed by atoms with Crippen molar-refractivity contribution in [2.45, 2.75) is 6.92 Å². The Labute approximate surface area is 189 Å². The van der Waals surface area contributed by atoms with Crippen LogP contribution >= 0.6 is 11.6 Å². The van der Waals surface area contributed by atoms with Gasteiger partial charge >= 0.3 is 5.97 Å². The Morgan fingerprint density at radius 3 is 2.62 bits per heavy atom. The monoisotopic (exact) mass is 449 g/mol. The molecular weight excluding hydrogens is 430 g/mol. The highest BCUT2D eigenvalue weighted by Crippen LogP contribution is 2.31. The van der Waals surface area contributed by atoms with E-state index in [0.29, 0.717) is 33.4 Å². The van der Waals surface area contributed by atoms with Crippen molar-refractivity contribution in [3.8, 4) is 17.1 Å². The fourth-order valence-corrected chi connectivity index (χ4v) is 3.43. The first-order valence-corrected chi connectivity index (χ1v) is 10.2. The lowest BCUT2D eigenvalue weighted by molar-refractivity contribution is -0.119. The normalized spacial score (nSPS) is 10.7. The molecule has 0 fully saturated rings. The van der Waals surface area contributed by atoms with Crippen LogP contribution < -0.4 is 10.1 Å². The summed E-state index contributed by atoms with van der Waals surface area (Å²) in [4.78, 5) is 32.9. The second kappa shape index (κ2) is 9.11. The van der Waals surface area contributed by atoms with Gasteiger partial charge in [0.15, 0.2) is 6.61 Å². The van der Waals surface area contributed by atoms with Gasteiger partial charge in [-0.05, 0) is 36.8 Å². The van der Waals surface area contributed by atoms with E-state index in [1.807, 2.05) is 31.2 Å². The number of carbonyl (C=O) groups excluding carboxylic acids is 2. The Balaban J connectivity index is 1.48. The Kier molecular flexibility index (Phi) is 6.09. The molecule has 162 valence electrons. The molecular formula is C24H20ClN3O4. The van der Waals surface area contributed by atoms with Gasteiger partial charge in [-0.25, -0.2) is 9.78 Å². The van der Waals surface area contributed by atoms with Crippen molar-refractivity contribution in [1.29, 1.82) is 0 Å². The lowest BCUT2D eigenvalue weighted by atomic mass is 10.1. The quantitative estimate of drug-likeness (QED) is 0.404. The number of hydrogen-bond donors (Lipinski definition) is 2. The lowest BCUT2D eigenvalue weighted by Crippen LogP contribution is -2.21. The molecule has 0 aliphatic heterocycles. The van der Waals surface area contributed by atoms with Crippen LogP contribution in [-0.4, -0.2) is 35.6 Å². The molecule has 0 saturated carbocycles. The minimum atomic E-state index is -0.629. The fourth-order valence-electron chi connectivity index (χ4n) is 3.27. The summed E-state index contributed by atoms with van der Waals surface area (Å²) in [5.41, 5.74) is 3.76. The molecule has 0 aliphatic rings. The number of aromatic amines is 1. The minimum Gasteiger partial charge on any atom is -0.495 e. The number of ether oxygens (including phenoxy) is 2. The zero-order valence-electron chi connectivity index (χ0n) is 17.4. The van der Waals surface area contributed by atoms with Crippen LogP contribution in [0.2, 0.25) is 5.02 Å². The first-order chi connectivity index (χ1) is 15.5. The van der Waals surface area contributed by atoms with Gasteiger partial charge in [0.1, 0.15) is 11.6 Å². The van der Waals surface area contributed by atoms with E-state index < -0.39 is 18.5 Å². The average Bonchev–Trinajstić information content (AvgIpc) is 3.24. The highest BCUT2D eigenvalue weighted by Gasteiger charge is 2.18. The summed E-state index contributed by atoms with van der Waals surface area (Å²) < 4.78 is 10.5. The predicted octanol–water partition coefficient (Wildman–Crippen LogP) is 5.00. The molecule has 32 heavy (non-hydrogen) atoms. The molecule has 1 amide bonds. The summed E-state index contributed by atoms with van der Waals surface area (Å²) in [6.07, 6.45) is 0. The summed E-state index contributed by atoms with van der Waals surface area (Å²) in [6, 6.07) is 17.8. The number of para-hydroxylation sites is 2. The van der Waals surface area contributed by atoms with Gasteiger partial charge in [0, 0.05) is 16.7 Å². The van der Waals surface area contributed by atoms with E-state index in [-0.39, 0.29) is 0 Å². The number of esters is 1. The molecule has 1 aromatic heterocycles. The number of aryl methyl sites for hydroxylation is 1. The third kappa shape index (κ3) is 4.43. The number of imidazole rings is 1. The van der Waals surface area contributed by atoms with Crippen molar-refractivity contribution < 1.29 is 19.1 Å². The highest BCUT2D eigenvalue weighted by atomic mass is 35.5. The second-order valence-electron chi connectivity index (χ2n) is 7.07. The van der Waals surface area contributed by atoms with Gasteiger partial charge in [0.2, 0.25) is 0 Å². The molecule has 0 aliphatic carbocycles. The second-order valence-corrected chi connectivity index (χ2v) is 7.48. The van der Waals surface area contributed by atoms with Gasteiger partial charge < -0.3 is 19.8 Å². The third-order valence-electron chi connectivity index (χ3n) is 4.88. The number of rotatable bonds is 6. The zero-order chi connectivity index (χ0) is 22.7. The number of benzene rings is 3. The van der Waals surface area contributed by atoms with Crippen LogP contribution in [-0.2, 0) is 9.53 Å². The van der Waals surface area contributed by atoms with Crippen LogP contribution in [0.5, 0.6) is 5.75 Å². The number of nitrogens with one attached hydrogen (secondary N) is 2. The minimum absolute atomic E-state index is 0.305. The van der Waals surface area contributed by atoms with Gasteiger partial charge in [0.05, 0.1) is 29.4 Å². The van der Waals surface area contributed by atoms with E-state index in [9.17, 15) is 9.59 Å². The Bertz CT molecular complexity index is 1280. The summed E-state index contributed by atoms with van der Waals surface area (Å²) in [5.74, 6) is -0.171. The van der Waals surface area contributed by atoms with Crippen LogP contribution in [0.1, 0.15) is 15.9 Å². The van der Waals surface area contributed by atoms with Crippen LogP contribution in [0.4, 0.5) is 5.69 Å². The third-order valence-corrected chi connectivity index (χ3v) is 5.29. The lowest BCUT2D eigenvalue weighted by Gasteiger charge is -2.13. The van der Waals surface area contributed by atoms with Gasteiger partial charge in [-0.1, -0.05) is 41.9 Å². The molecule has 3 aromatic carbocycles.